The Bertz CT molecular complexity index is 870. The summed E-state index contributed by atoms with van der Waals surface area (Å²) in [6, 6.07) is 7.86. The van der Waals surface area contributed by atoms with Gasteiger partial charge < -0.3 is 9.42 Å². The van der Waals surface area contributed by atoms with Gasteiger partial charge in [0.1, 0.15) is 5.82 Å². The molecule has 3 aromatic heterocycles. The molecule has 0 aromatic carbocycles. The standard InChI is InChI=1S/C18H21N5O/c1-6-15-9-13(7-11(2)19-15)17-21-18(24-22-17)14-8-12(3)20-16(10-14)23(4)5/h7-10H,6H2,1-5H3. The first-order chi connectivity index (χ1) is 11.5. The highest BCUT2D eigenvalue weighted by molar-refractivity contribution is 5.63. The van der Waals surface area contributed by atoms with E-state index < -0.39 is 0 Å². The quantitative estimate of drug-likeness (QED) is 0.732. The zero-order valence-corrected chi connectivity index (χ0v) is 14.7. The lowest BCUT2D eigenvalue weighted by atomic mass is 10.1. The molecule has 0 amide bonds. The molecule has 0 aliphatic heterocycles. The van der Waals surface area contributed by atoms with E-state index in [2.05, 4.69) is 27.0 Å². The molecule has 124 valence electrons. The number of anilines is 1. The third-order valence-electron chi connectivity index (χ3n) is 3.70. The predicted octanol–water partition coefficient (Wildman–Crippen LogP) is 3.44. The second-order valence-electron chi connectivity index (χ2n) is 6.02. The van der Waals surface area contributed by atoms with Crippen LogP contribution in [0.4, 0.5) is 5.82 Å². The van der Waals surface area contributed by atoms with E-state index in [1.807, 2.05) is 57.1 Å². The molecule has 0 atom stereocenters. The van der Waals surface area contributed by atoms with Gasteiger partial charge in [0.15, 0.2) is 0 Å². The minimum atomic E-state index is 0.492. The zero-order valence-electron chi connectivity index (χ0n) is 14.7. The number of aromatic nitrogens is 4. The monoisotopic (exact) mass is 323 g/mol. The number of hydrogen-bond acceptors (Lipinski definition) is 6. The summed E-state index contributed by atoms with van der Waals surface area (Å²) in [5.41, 5.74) is 4.67. The van der Waals surface area contributed by atoms with Gasteiger partial charge in [0.05, 0.1) is 0 Å². The lowest BCUT2D eigenvalue weighted by Crippen LogP contribution is -2.11. The molecular formula is C18H21N5O. The Hall–Kier alpha value is -2.76. The summed E-state index contributed by atoms with van der Waals surface area (Å²) in [4.78, 5) is 15.5. The first kappa shape index (κ1) is 16.1. The second-order valence-corrected chi connectivity index (χ2v) is 6.02. The molecular weight excluding hydrogens is 302 g/mol. The fourth-order valence-corrected chi connectivity index (χ4v) is 2.51. The van der Waals surface area contributed by atoms with Crippen LogP contribution in [0.3, 0.4) is 0 Å². The lowest BCUT2D eigenvalue weighted by molar-refractivity contribution is 0.432. The van der Waals surface area contributed by atoms with Crippen LogP contribution in [0, 0.1) is 13.8 Å². The van der Waals surface area contributed by atoms with Crippen molar-refractivity contribution < 1.29 is 4.52 Å². The molecule has 6 nitrogen and oxygen atoms in total. The first-order valence-electron chi connectivity index (χ1n) is 7.94. The Morgan fingerprint density at radius 3 is 2.33 bits per heavy atom. The van der Waals surface area contributed by atoms with Crippen LogP contribution >= 0.6 is 0 Å². The minimum Gasteiger partial charge on any atom is -0.363 e. The maximum Gasteiger partial charge on any atom is 0.258 e. The van der Waals surface area contributed by atoms with Crippen molar-refractivity contribution in [1.29, 1.82) is 0 Å². The molecule has 0 fully saturated rings. The first-order valence-corrected chi connectivity index (χ1v) is 7.94. The predicted molar refractivity (Wildman–Crippen MR) is 93.9 cm³/mol. The van der Waals surface area contributed by atoms with Gasteiger partial charge in [-0.15, -0.1) is 0 Å². The Kier molecular flexibility index (Phi) is 4.29. The summed E-state index contributed by atoms with van der Waals surface area (Å²) in [5.74, 6) is 1.93. The van der Waals surface area contributed by atoms with Gasteiger partial charge in [-0.3, -0.25) is 4.98 Å². The van der Waals surface area contributed by atoms with Gasteiger partial charge in [-0.05, 0) is 44.5 Å². The molecule has 3 rings (SSSR count). The summed E-state index contributed by atoms with van der Waals surface area (Å²) in [7, 11) is 3.91. The molecule has 0 spiro atoms. The fourth-order valence-electron chi connectivity index (χ4n) is 2.51. The average Bonchev–Trinajstić information content (AvgIpc) is 3.03. The highest BCUT2D eigenvalue weighted by Crippen LogP contribution is 2.25. The van der Waals surface area contributed by atoms with E-state index in [9.17, 15) is 0 Å². The van der Waals surface area contributed by atoms with Gasteiger partial charge in [-0.2, -0.15) is 4.98 Å². The number of aryl methyl sites for hydroxylation is 3. The van der Waals surface area contributed by atoms with E-state index in [1.54, 1.807) is 0 Å². The molecule has 0 saturated heterocycles. The van der Waals surface area contributed by atoms with Crippen molar-refractivity contribution in [3.63, 3.8) is 0 Å². The molecule has 0 N–H and O–H groups in total. The summed E-state index contributed by atoms with van der Waals surface area (Å²) in [6.07, 6.45) is 0.870. The van der Waals surface area contributed by atoms with Crippen LogP contribution in [0.5, 0.6) is 0 Å². The third kappa shape index (κ3) is 3.27. The van der Waals surface area contributed by atoms with Crippen LogP contribution in [0.2, 0.25) is 0 Å². The second kappa shape index (κ2) is 6.39. The van der Waals surface area contributed by atoms with Crippen LogP contribution < -0.4 is 4.90 Å². The maximum absolute atomic E-state index is 5.48. The molecule has 0 radical (unpaired) electrons. The van der Waals surface area contributed by atoms with Gasteiger partial charge in [-0.1, -0.05) is 12.1 Å². The molecule has 24 heavy (non-hydrogen) atoms. The van der Waals surface area contributed by atoms with Crippen molar-refractivity contribution in [3.05, 3.63) is 41.3 Å². The molecule has 0 saturated carbocycles. The largest absolute Gasteiger partial charge is 0.363 e. The fraction of sp³-hybridized carbons (Fsp3) is 0.333. The minimum absolute atomic E-state index is 0.492. The number of pyridine rings is 2. The van der Waals surface area contributed by atoms with Gasteiger partial charge in [-0.25, -0.2) is 4.98 Å². The van der Waals surface area contributed by atoms with E-state index in [1.165, 1.54) is 0 Å². The molecule has 3 aromatic rings. The summed E-state index contributed by atoms with van der Waals surface area (Å²) in [6.45, 7) is 6.00. The Balaban J connectivity index is 2.01. The van der Waals surface area contributed by atoms with E-state index in [0.717, 1.165) is 40.4 Å². The highest BCUT2D eigenvalue weighted by atomic mass is 16.5. The lowest BCUT2D eigenvalue weighted by Gasteiger charge is -2.12. The van der Waals surface area contributed by atoms with Gasteiger partial charge in [0.2, 0.25) is 5.82 Å². The molecule has 0 unspecified atom stereocenters. The van der Waals surface area contributed by atoms with Crippen molar-refractivity contribution in [1.82, 2.24) is 20.1 Å². The zero-order chi connectivity index (χ0) is 17.3. The van der Waals surface area contributed by atoms with Crippen molar-refractivity contribution >= 4 is 5.82 Å². The number of rotatable bonds is 4. The maximum atomic E-state index is 5.48. The van der Waals surface area contributed by atoms with Crippen molar-refractivity contribution in [2.45, 2.75) is 27.2 Å². The smallest absolute Gasteiger partial charge is 0.258 e. The molecule has 0 aliphatic rings. The van der Waals surface area contributed by atoms with Crippen molar-refractivity contribution in [2.75, 3.05) is 19.0 Å². The van der Waals surface area contributed by atoms with Crippen LogP contribution in [0.15, 0.2) is 28.8 Å². The summed E-state index contributed by atoms with van der Waals surface area (Å²) < 4.78 is 5.48. The SMILES string of the molecule is CCc1cc(-c2noc(-c3cc(C)nc(N(C)C)c3)n2)cc(C)n1. The highest BCUT2D eigenvalue weighted by Gasteiger charge is 2.14. The van der Waals surface area contributed by atoms with Crippen LogP contribution in [-0.2, 0) is 6.42 Å². The topological polar surface area (TPSA) is 67.9 Å². The van der Waals surface area contributed by atoms with E-state index >= 15 is 0 Å². The van der Waals surface area contributed by atoms with Crippen LogP contribution in [0.1, 0.15) is 24.0 Å². The third-order valence-corrected chi connectivity index (χ3v) is 3.70. The van der Waals surface area contributed by atoms with E-state index in [-0.39, 0.29) is 0 Å². The van der Waals surface area contributed by atoms with E-state index in [0.29, 0.717) is 11.7 Å². The van der Waals surface area contributed by atoms with E-state index in [4.69, 9.17) is 4.52 Å². The van der Waals surface area contributed by atoms with Gasteiger partial charge in [0.25, 0.3) is 5.89 Å². The molecule has 3 heterocycles. The Morgan fingerprint density at radius 2 is 1.62 bits per heavy atom. The summed E-state index contributed by atoms with van der Waals surface area (Å²) >= 11 is 0. The molecule has 6 heteroatoms. The van der Waals surface area contributed by atoms with Crippen molar-refractivity contribution in [3.8, 4) is 22.8 Å². The molecule has 0 aliphatic carbocycles. The van der Waals surface area contributed by atoms with Crippen LogP contribution in [0.25, 0.3) is 22.8 Å². The number of hydrogen-bond donors (Lipinski definition) is 0. The Morgan fingerprint density at radius 1 is 0.917 bits per heavy atom. The van der Waals surface area contributed by atoms with Gasteiger partial charge >= 0.3 is 0 Å². The molecule has 0 bridgehead atoms. The van der Waals surface area contributed by atoms with Crippen molar-refractivity contribution in [2.24, 2.45) is 0 Å². The summed E-state index contributed by atoms with van der Waals surface area (Å²) in [5, 5.41) is 4.14. The average molecular weight is 323 g/mol. The number of nitrogens with zero attached hydrogens (tertiary/aromatic N) is 5. The van der Waals surface area contributed by atoms with Crippen LogP contribution in [-0.4, -0.2) is 34.2 Å². The van der Waals surface area contributed by atoms with Gasteiger partial charge in [0, 0.05) is 42.3 Å². The Labute approximate surface area is 141 Å². The normalized spacial score (nSPS) is 10.9.